The fourth-order valence-corrected chi connectivity index (χ4v) is 2.45. The third kappa shape index (κ3) is 8.25. The van der Waals surface area contributed by atoms with Gasteiger partial charge in [-0.25, -0.2) is 0 Å². The molecule has 0 aliphatic rings. The van der Waals surface area contributed by atoms with E-state index in [2.05, 4.69) is 3.07 Å². The van der Waals surface area contributed by atoms with Crippen molar-refractivity contribution in [2.75, 3.05) is 7.11 Å². The molecule has 0 aromatic heterocycles. The van der Waals surface area contributed by atoms with Crippen LogP contribution in [-0.4, -0.2) is 33.4 Å². The molecule has 0 aromatic rings. The maximum atomic E-state index is 11.5. The van der Waals surface area contributed by atoms with Crippen molar-refractivity contribution < 1.29 is 19.3 Å². The van der Waals surface area contributed by atoms with Crippen LogP contribution in [0.2, 0.25) is 4.44 Å². The van der Waals surface area contributed by atoms with E-state index in [0.29, 0.717) is 0 Å². The van der Waals surface area contributed by atoms with Crippen LogP contribution in [0, 0.1) is 0 Å². The van der Waals surface area contributed by atoms with Crippen molar-refractivity contribution >= 4 is 20.2 Å². The van der Waals surface area contributed by atoms with Gasteiger partial charge in [0.2, 0.25) is 0 Å². The Morgan fingerprint density at radius 1 is 1.45 bits per heavy atom. The average Bonchev–Trinajstić information content (AvgIpc) is 1.85. The van der Waals surface area contributed by atoms with Crippen LogP contribution >= 0.6 is 0 Å². The molecule has 0 heterocycles. The second kappa shape index (κ2) is 5.08. The summed E-state index contributed by atoms with van der Waals surface area (Å²) < 4.78 is 49.6. The van der Waals surface area contributed by atoms with Crippen LogP contribution in [0.5, 0.6) is 0 Å². The number of halogens is 3. The van der Waals surface area contributed by atoms with Crippen LogP contribution < -0.4 is 0 Å². The fraction of sp³-hybridized carbons (Fsp3) is 1.00. The quantitative estimate of drug-likeness (QED) is 0.733. The summed E-state index contributed by atoms with van der Waals surface area (Å²) in [5, 5.41) is 0. The molecule has 0 atom stereocenters. The van der Waals surface area contributed by atoms with Gasteiger partial charge in [-0.05, 0) is 0 Å². The Bertz CT molecular complexity index is 134. The first-order valence-electron chi connectivity index (χ1n) is 3.09. The summed E-state index contributed by atoms with van der Waals surface area (Å²) in [4.78, 5) is 0. The second-order valence-electron chi connectivity index (χ2n) is 2.04. The van der Waals surface area contributed by atoms with Gasteiger partial charge < -0.3 is 0 Å². The van der Waals surface area contributed by atoms with Gasteiger partial charge in [0.1, 0.15) is 0 Å². The molecule has 0 fully saturated rings. The Kier molecular flexibility index (Phi) is 5.24. The predicted molar refractivity (Wildman–Crippen MR) is 33.5 cm³/mol. The molecule has 0 spiro atoms. The van der Waals surface area contributed by atoms with Gasteiger partial charge in [-0.15, -0.1) is 0 Å². The molecule has 0 aliphatic carbocycles. The predicted octanol–water partition coefficient (Wildman–Crippen LogP) is 1.89. The van der Waals surface area contributed by atoms with Gasteiger partial charge in [-0.3, -0.25) is 0 Å². The standard InChI is InChI=1S/C4H6F3.CH3O.O.Sn/c1-2-3-4(5,6)7;1-2;;/h1-3H2;1H3;;/q;-1;;+1. The number of alkyl halides is 3. The number of hydrogen-bond donors (Lipinski definition) is 0. The van der Waals surface area contributed by atoms with E-state index in [-0.39, 0.29) is 10.9 Å². The van der Waals surface area contributed by atoms with Crippen molar-refractivity contribution in [3.63, 3.8) is 0 Å². The monoisotopic (exact) mass is 278 g/mol. The van der Waals surface area contributed by atoms with E-state index in [1.165, 1.54) is 7.11 Å². The fourth-order valence-electron chi connectivity index (χ4n) is 0.535. The SMILES string of the molecule is C[O][Sn](=[O])[CH2]CCC(F)(F)F. The summed E-state index contributed by atoms with van der Waals surface area (Å²) in [6, 6.07) is 0. The van der Waals surface area contributed by atoms with Crippen LogP contribution in [0.3, 0.4) is 0 Å². The van der Waals surface area contributed by atoms with Crippen LogP contribution in [0.4, 0.5) is 13.2 Å². The molecular formula is C5H9F3O2Sn. The molecule has 0 saturated heterocycles. The zero-order chi connectivity index (χ0) is 8.91. The van der Waals surface area contributed by atoms with Crippen molar-refractivity contribution in [2.45, 2.75) is 23.5 Å². The molecule has 0 aromatic carbocycles. The first-order valence-corrected chi connectivity index (χ1v) is 7.44. The van der Waals surface area contributed by atoms with Crippen LogP contribution in [0.25, 0.3) is 0 Å². The Hall–Kier alpha value is 0.349. The van der Waals surface area contributed by atoms with Crippen molar-refractivity contribution in [1.29, 1.82) is 0 Å². The van der Waals surface area contributed by atoms with Gasteiger partial charge in [0.15, 0.2) is 0 Å². The zero-order valence-electron chi connectivity index (χ0n) is 6.07. The molecule has 2 nitrogen and oxygen atoms in total. The molecule has 6 heteroatoms. The van der Waals surface area contributed by atoms with Crippen molar-refractivity contribution in [1.82, 2.24) is 0 Å². The summed E-state index contributed by atoms with van der Waals surface area (Å²) in [5.41, 5.74) is 0. The number of rotatable bonds is 4. The summed E-state index contributed by atoms with van der Waals surface area (Å²) in [6.07, 6.45) is -5.06. The van der Waals surface area contributed by atoms with Crippen molar-refractivity contribution in [3.05, 3.63) is 0 Å². The summed E-state index contributed by atoms with van der Waals surface area (Å²) in [7, 11) is 1.27. The molecule has 0 unspecified atom stereocenters. The van der Waals surface area contributed by atoms with E-state index in [0.717, 1.165) is 0 Å². The maximum absolute atomic E-state index is 11.5. The topological polar surface area (TPSA) is 26.3 Å². The minimum atomic E-state index is -4.13. The minimum absolute atomic E-state index is 0.0738. The molecule has 0 aliphatic heterocycles. The molecule has 11 heavy (non-hydrogen) atoms. The van der Waals surface area contributed by atoms with Crippen LogP contribution in [0.1, 0.15) is 12.8 Å². The molecular weight excluding hydrogens is 268 g/mol. The Morgan fingerprint density at radius 2 is 2.00 bits per heavy atom. The molecule has 0 bridgehead atoms. The first kappa shape index (κ1) is 11.3. The van der Waals surface area contributed by atoms with Gasteiger partial charge in [0.25, 0.3) is 0 Å². The second-order valence-corrected chi connectivity index (χ2v) is 6.76. The van der Waals surface area contributed by atoms with Gasteiger partial charge in [-0.1, -0.05) is 0 Å². The van der Waals surface area contributed by atoms with Gasteiger partial charge in [0.05, 0.1) is 0 Å². The zero-order valence-corrected chi connectivity index (χ0v) is 8.93. The third-order valence-electron chi connectivity index (χ3n) is 1.07. The van der Waals surface area contributed by atoms with Gasteiger partial charge in [-0.2, -0.15) is 0 Å². The summed E-state index contributed by atoms with van der Waals surface area (Å²) >= 11 is -3.02. The van der Waals surface area contributed by atoms with E-state index >= 15 is 0 Å². The van der Waals surface area contributed by atoms with E-state index in [1.54, 1.807) is 0 Å². The molecule has 0 amide bonds. The van der Waals surface area contributed by atoms with Crippen LogP contribution in [0.15, 0.2) is 0 Å². The Balaban J connectivity index is 3.35. The van der Waals surface area contributed by atoms with Crippen molar-refractivity contribution in [2.24, 2.45) is 0 Å². The molecule has 0 N–H and O–H groups in total. The van der Waals surface area contributed by atoms with Gasteiger partial charge in [0, 0.05) is 0 Å². The summed E-state index contributed by atoms with van der Waals surface area (Å²) in [5.74, 6) is 0. The van der Waals surface area contributed by atoms with E-state index in [1.807, 2.05) is 0 Å². The van der Waals surface area contributed by atoms with E-state index in [4.69, 9.17) is 0 Å². The van der Waals surface area contributed by atoms with Crippen LogP contribution in [-0.2, 0) is 6.15 Å². The van der Waals surface area contributed by atoms with E-state index in [9.17, 15) is 16.2 Å². The van der Waals surface area contributed by atoms with E-state index < -0.39 is 32.8 Å². The number of hydrogen-bond acceptors (Lipinski definition) is 2. The Morgan fingerprint density at radius 3 is 2.36 bits per heavy atom. The average molecular weight is 277 g/mol. The third-order valence-corrected chi connectivity index (χ3v) is 4.54. The summed E-state index contributed by atoms with van der Waals surface area (Å²) in [6.45, 7) is 0. The normalized spacial score (nSPS) is 11.6. The Labute approximate surface area is 70.4 Å². The first-order chi connectivity index (χ1) is 4.95. The van der Waals surface area contributed by atoms with Crippen molar-refractivity contribution in [3.8, 4) is 0 Å². The molecule has 66 valence electrons. The van der Waals surface area contributed by atoms with Gasteiger partial charge >= 0.3 is 70.0 Å². The molecule has 0 saturated carbocycles. The molecule has 0 rings (SSSR count). The molecule has 0 radical (unpaired) electrons.